The van der Waals surface area contributed by atoms with Crippen LogP contribution >= 0.6 is 0 Å². The van der Waals surface area contributed by atoms with Gasteiger partial charge in [-0.25, -0.2) is 13.2 Å². The molecular formula is C14H18O5S. The van der Waals surface area contributed by atoms with Gasteiger partial charge in [0.1, 0.15) is 0 Å². The first-order chi connectivity index (χ1) is 9.46. The number of ether oxygens (including phenoxy) is 1. The number of hydrogen-bond acceptors (Lipinski definition) is 4. The molecule has 1 aliphatic rings. The molecule has 1 atom stereocenters. The molecule has 1 aromatic rings. The molecule has 1 heterocycles. The van der Waals surface area contributed by atoms with E-state index in [2.05, 4.69) is 0 Å². The average Bonchev–Trinajstić information content (AvgIpc) is 2.47. The van der Waals surface area contributed by atoms with Gasteiger partial charge in [-0.1, -0.05) is 13.0 Å². The highest BCUT2D eigenvalue weighted by molar-refractivity contribution is 7.92. The van der Waals surface area contributed by atoms with E-state index in [1.165, 1.54) is 12.1 Å². The Morgan fingerprint density at radius 2 is 2.20 bits per heavy atom. The number of carbonyl (C=O) groups is 1. The highest BCUT2D eigenvalue weighted by atomic mass is 32.2. The number of sulfone groups is 1. The lowest BCUT2D eigenvalue weighted by Gasteiger charge is -2.23. The van der Waals surface area contributed by atoms with Gasteiger partial charge in [0.2, 0.25) is 0 Å². The van der Waals surface area contributed by atoms with Gasteiger partial charge < -0.3 is 9.84 Å². The third kappa shape index (κ3) is 2.86. The molecule has 1 saturated heterocycles. The van der Waals surface area contributed by atoms with Crippen LogP contribution in [0.4, 0.5) is 0 Å². The van der Waals surface area contributed by atoms with Crippen LogP contribution in [0.2, 0.25) is 0 Å². The van der Waals surface area contributed by atoms with E-state index >= 15 is 0 Å². The molecular weight excluding hydrogens is 280 g/mol. The minimum absolute atomic E-state index is 0.00231. The molecule has 0 spiro atoms. The summed E-state index contributed by atoms with van der Waals surface area (Å²) in [6.45, 7) is 2.62. The van der Waals surface area contributed by atoms with Gasteiger partial charge in [-0.05, 0) is 37.0 Å². The number of benzene rings is 1. The standard InChI is InChI=1S/C14H18O5S/c1-2-10-5-6-11(14(15)16)8-13(10)20(17,18)12-4-3-7-19-9-12/h5-6,8,12H,2-4,7,9H2,1H3,(H,15,16). The highest BCUT2D eigenvalue weighted by Crippen LogP contribution is 2.27. The lowest BCUT2D eigenvalue weighted by atomic mass is 10.1. The van der Waals surface area contributed by atoms with E-state index in [-0.39, 0.29) is 17.1 Å². The van der Waals surface area contributed by atoms with Crippen LogP contribution in [0.3, 0.4) is 0 Å². The lowest BCUT2D eigenvalue weighted by Crippen LogP contribution is -2.31. The van der Waals surface area contributed by atoms with Crippen LogP contribution in [0.1, 0.15) is 35.7 Å². The summed E-state index contributed by atoms with van der Waals surface area (Å²) in [5.74, 6) is -1.12. The Labute approximate surface area is 118 Å². The van der Waals surface area contributed by atoms with Gasteiger partial charge in [-0.3, -0.25) is 0 Å². The van der Waals surface area contributed by atoms with Gasteiger partial charge in [0, 0.05) is 6.61 Å². The Balaban J connectivity index is 2.48. The third-order valence-electron chi connectivity index (χ3n) is 3.56. The molecule has 1 fully saturated rings. The van der Waals surface area contributed by atoms with Crippen molar-refractivity contribution in [1.82, 2.24) is 0 Å². The van der Waals surface area contributed by atoms with E-state index in [1.54, 1.807) is 6.07 Å². The molecule has 1 aromatic carbocycles. The number of hydrogen-bond donors (Lipinski definition) is 1. The van der Waals surface area contributed by atoms with Crippen LogP contribution in [0.5, 0.6) is 0 Å². The van der Waals surface area contributed by atoms with Crippen molar-refractivity contribution in [3.05, 3.63) is 29.3 Å². The van der Waals surface area contributed by atoms with Crippen LogP contribution in [0.15, 0.2) is 23.1 Å². The molecule has 0 saturated carbocycles. The van der Waals surface area contributed by atoms with E-state index in [0.717, 1.165) is 0 Å². The van der Waals surface area contributed by atoms with E-state index in [0.29, 0.717) is 31.4 Å². The first-order valence-corrected chi connectivity index (χ1v) is 8.19. The van der Waals surface area contributed by atoms with Gasteiger partial charge in [0.15, 0.2) is 9.84 Å². The zero-order chi connectivity index (χ0) is 14.8. The summed E-state index contributed by atoms with van der Waals surface area (Å²) in [7, 11) is -3.55. The summed E-state index contributed by atoms with van der Waals surface area (Å²) in [6.07, 6.45) is 1.81. The fourth-order valence-corrected chi connectivity index (χ4v) is 4.36. The van der Waals surface area contributed by atoms with Gasteiger partial charge in [-0.15, -0.1) is 0 Å². The van der Waals surface area contributed by atoms with Gasteiger partial charge in [-0.2, -0.15) is 0 Å². The number of carboxylic acid groups (broad SMARTS) is 1. The van der Waals surface area contributed by atoms with Crippen molar-refractivity contribution < 1.29 is 23.1 Å². The molecule has 110 valence electrons. The van der Waals surface area contributed by atoms with E-state index < -0.39 is 21.1 Å². The zero-order valence-electron chi connectivity index (χ0n) is 11.3. The number of rotatable bonds is 4. The largest absolute Gasteiger partial charge is 0.478 e. The van der Waals surface area contributed by atoms with Gasteiger partial charge in [0.05, 0.1) is 22.3 Å². The molecule has 2 rings (SSSR count). The molecule has 1 aliphatic heterocycles. The van der Waals surface area contributed by atoms with Crippen molar-refractivity contribution in [3.8, 4) is 0 Å². The number of aromatic carboxylic acids is 1. The van der Waals surface area contributed by atoms with Gasteiger partial charge >= 0.3 is 5.97 Å². The SMILES string of the molecule is CCc1ccc(C(=O)O)cc1S(=O)(=O)C1CCCOC1. The Morgan fingerprint density at radius 3 is 2.75 bits per heavy atom. The summed E-state index contributed by atoms with van der Waals surface area (Å²) in [4.78, 5) is 11.2. The first-order valence-electron chi connectivity index (χ1n) is 6.64. The Hall–Kier alpha value is -1.40. The third-order valence-corrected chi connectivity index (χ3v) is 5.80. The molecule has 0 bridgehead atoms. The molecule has 0 amide bonds. The Morgan fingerprint density at radius 1 is 1.45 bits per heavy atom. The molecule has 0 radical (unpaired) electrons. The van der Waals surface area contributed by atoms with E-state index in [1.807, 2.05) is 6.92 Å². The topological polar surface area (TPSA) is 80.7 Å². The number of aryl methyl sites for hydroxylation is 1. The quantitative estimate of drug-likeness (QED) is 0.918. The van der Waals surface area contributed by atoms with Crippen LogP contribution in [-0.4, -0.2) is 38.0 Å². The fourth-order valence-electron chi connectivity index (χ4n) is 2.38. The Bertz CT molecular complexity index is 600. The van der Waals surface area contributed by atoms with Crippen molar-refractivity contribution in [3.63, 3.8) is 0 Å². The normalized spacial score (nSPS) is 19.8. The van der Waals surface area contributed by atoms with E-state index in [4.69, 9.17) is 9.84 Å². The monoisotopic (exact) mass is 298 g/mol. The van der Waals surface area contributed by atoms with Crippen molar-refractivity contribution >= 4 is 15.8 Å². The summed E-state index contributed by atoms with van der Waals surface area (Å²) in [5, 5.41) is 8.45. The molecule has 6 heteroatoms. The summed E-state index contributed by atoms with van der Waals surface area (Å²) >= 11 is 0. The Kier molecular flexibility index (Phi) is 4.45. The van der Waals surface area contributed by atoms with Gasteiger partial charge in [0.25, 0.3) is 0 Å². The average molecular weight is 298 g/mol. The first kappa shape index (κ1) is 15.0. The molecule has 0 aliphatic carbocycles. The predicted octanol–water partition coefficient (Wildman–Crippen LogP) is 1.90. The predicted molar refractivity (Wildman–Crippen MR) is 73.8 cm³/mol. The van der Waals surface area contributed by atoms with Crippen molar-refractivity contribution in [2.24, 2.45) is 0 Å². The van der Waals surface area contributed by atoms with Crippen molar-refractivity contribution in [1.29, 1.82) is 0 Å². The maximum absolute atomic E-state index is 12.7. The maximum Gasteiger partial charge on any atom is 0.335 e. The lowest BCUT2D eigenvalue weighted by molar-refractivity contribution is 0.0696. The second-order valence-electron chi connectivity index (χ2n) is 4.87. The molecule has 0 aromatic heterocycles. The minimum Gasteiger partial charge on any atom is -0.478 e. The minimum atomic E-state index is -3.55. The van der Waals surface area contributed by atoms with Crippen molar-refractivity contribution in [2.75, 3.05) is 13.2 Å². The second-order valence-corrected chi connectivity index (χ2v) is 7.06. The van der Waals surface area contributed by atoms with Crippen LogP contribution < -0.4 is 0 Å². The zero-order valence-corrected chi connectivity index (χ0v) is 12.1. The van der Waals surface area contributed by atoms with Crippen LogP contribution in [-0.2, 0) is 21.0 Å². The fraction of sp³-hybridized carbons (Fsp3) is 0.500. The molecule has 5 nitrogen and oxygen atoms in total. The van der Waals surface area contributed by atoms with Crippen molar-refractivity contribution in [2.45, 2.75) is 36.3 Å². The molecule has 1 N–H and O–H groups in total. The van der Waals surface area contributed by atoms with Crippen LogP contribution in [0.25, 0.3) is 0 Å². The summed E-state index contributed by atoms with van der Waals surface area (Å²) < 4.78 is 30.6. The number of carboxylic acids is 1. The second kappa shape index (κ2) is 5.93. The molecule has 1 unspecified atom stereocenters. The molecule has 20 heavy (non-hydrogen) atoms. The summed E-state index contributed by atoms with van der Waals surface area (Å²) in [6, 6.07) is 4.29. The summed E-state index contributed by atoms with van der Waals surface area (Å²) in [5.41, 5.74) is 0.651. The van der Waals surface area contributed by atoms with E-state index in [9.17, 15) is 13.2 Å². The van der Waals surface area contributed by atoms with Crippen LogP contribution in [0, 0.1) is 0 Å². The maximum atomic E-state index is 12.7. The smallest absolute Gasteiger partial charge is 0.335 e. The highest BCUT2D eigenvalue weighted by Gasteiger charge is 2.31.